The third kappa shape index (κ3) is 4.83. The van der Waals surface area contributed by atoms with Crippen molar-refractivity contribution < 1.29 is 10.2 Å². The van der Waals surface area contributed by atoms with Crippen LogP contribution in [0.5, 0.6) is 11.5 Å². The van der Waals surface area contributed by atoms with E-state index in [0.29, 0.717) is 5.75 Å². The van der Waals surface area contributed by atoms with Crippen molar-refractivity contribution in [3.05, 3.63) is 56.6 Å². The Morgan fingerprint density at radius 1 is 0.857 bits per heavy atom. The fraction of sp³-hybridized carbons (Fsp3) is 0.294. The van der Waals surface area contributed by atoms with Gasteiger partial charge in [-0.2, -0.15) is 0 Å². The van der Waals surface area contributed by atoms with Gasteiger partial charge in [-0.05, 0) is 73.7 Å². The molecule has 0 aromatic heterocycles. The smallest absolute Gasteiger partial charge is 0.119 e. The summed E-state index contributed by atoms with van der Waals surface area (Å²) in [6.07, 6.45) is 0.811. The van der Waals surface area contributed by atoms with Gasteiger partial charge < -0.3 is 10.2 Å². The molecule has 0 aliphatic heterocycles. The van der Waals surface area contributed by atoms with Crippen LogP contribution in [0.2, 0.25) is 10.0 Å². The lowest BCUT2D eigenvalue weighted by atomic mass is 10.1. The molecular weight excluding hydrogens is 307 g/mol. The molecule has 0 radical (unpaired) electrons. The van der Waals surface area contributed by atoms with Gasteiger partial charge in [0, 0.05) is 10.0 Å². The summed E-state index contributed by atoms with van der Waals surface area (Å²) in [7, 11) is 0. The number of benzene rings is 2. The van der Waals surface area contributed by atoms with Gasteiger partial charge in [0.25, 0.3) is 0 Å². The molecule has 0 aliphatic rings. The Morgan fingerprint density at radius 3 is 1.86 bits per heavy atom. The van der Waals surface area contributed by atoms with Gasteiger partial charge in [-0.25, -0.2) is 0 Å². The Hall–Kier alpha value is -1.38. The first kappa shape index (κ1) is 17.7. The molecule has 4 heteroatoms. The zero-order valence-electron chi connectivity index (χ0n) is 12.7. The normalized spacial score (nSPS) is 10.0. The van der Waals surface area contributed by atoms with Crippen molar-refractivity contribution in [1.29, 1.82) is 0 Å². The second kappa shape index (κ2) is 7.58. The SMILES string of the molecule is CCc1cc(Cl)c(C)cc1O.Cc1cc(O)cc(C)c1Cl. The Balaban J connectivity index is 0.000000211. The highest BCUT2D eigenvalue weighted by atomic mass is 35.5. The summed E-state index contributed by atoms with van der Waals surface area (Å²) >= 11 is 11.7. The molecular formula is C17H20Cl2O2. The van der Waals surface area contributed by atoms with Crippen LogP contribution in [-0.4, -0.2) is 10.2 Å². The summed E-state index contributed by atoms with van der Waals surface area (Å²) in [5, 5.41) is 19.9. The van der Waals surface area contributed by atoms with Crippen molar-refractivity contribution in [2.45, 2.75) is 34.1 Å². The maximum atomic E-state index is 9.36. The molecule has 0 bridgehead atoms. The molecule has 114 valence electrons. The largest absolute Gasteiger partial charge is 0.508 e. The van der Waals surface area contributed by atoms with Crippen LogP contribution in [0.3, 0.4) is 0 Å². The number of aryl methyl sites for hydroxylation is 4. The zero-order chi connectivity index (χ0) is 16.2. The second-order valence-corrected chi connectivity index (χ2v) is 5.76. The van der Waals surface area contributed by atoms with E-state index in [-0.39, 0.29) is 5.75 Å². The van der Waals surface area contributed by atoms with Crippen LogP contribution in [0.1, 0.15) is 29.2 Å². The predicted molar refractivity (Wildman–Crippen MR) is 89.8 cm³/mol. The lowest BCUT2D eigenvalue weighted by Gasteiger charge is -2.03. The monoisotopic (exact) mass is 326 g/mol. The van der Waals surface area contributed by atoms with E-state index in [1.54, 1.807) is 18.2 Å². The van der Waals surface area contributed by atoms with Gasteiger partial charge in [-0.3, -0.25) is 0 Å². The Labute approximate surface area is 136 Å². The molecule has 2 aromatic carbocycles. The standard InChI is InChI=1S/C9H11ClO.C8H9ClO/c1-3-7-5-8(10)6(2)4-9(7)11;1-5-3-7(10)4-6(2)8(5)9/h4-5,11H,3H2,1-2H3;3-4,10H,1-2H3. The van der Waals surface area contributed by atoms with Crippen molar-refractivity contribution >= 4 is 23.2 Å². The molecule has 2 aromatic rings. The maximum absolute atomic E-state index is 9.36. The van der Waals surface area contributed by atoms with Crippen molar-refractivity contribution in [2.75, 3.05) is 0 Å². The number of hydrogen-bond acceptors (Lipinski definition) is 2. The number of phenols is 2. The van der Waals surface area contributed by atoms with Crippen LogP contribution < -0.4 is 0 Å². The minimum Gasteiger partial charge on any atom is -0.508 e. The summed E-state index contributed by atoms with van der Waals surface area (Å²) in [5.41, 5.74) is 3.65. The van der Waals surface area contributed by atoms with E-state index < -0.39 is 0 Å². The van der Waals surface area contributed by atoms with E-state index in [9.17, 15) is 5.11 Å². The minimum absolute atomic E-state index is 0.277. The van der Waals surface area contributed by atoms with E-state index >= 15 is 0 Å². The van der Waals surface area contributed by atoms with E-state index in [1.165, 1.54) is 0 Å². The quantitative estimate of drug-likeness (QED) is 0.718. The number of hydrogen-bond donors (Lipinski definition) is 2. The molecule has 2 nitrogen and oxygen atoms in total. The highest BCUT2D eigenvalue weighted by Gasteiger charge is 2.02. The van der Waals surface area contributed by atoms with Gasteiger partial charge in [0.1, 0.15) is 11.5 Å². The molecule has 0 fully saturated rings. The Morgan fingerprint density at radius 2 is 1.38 bits per heavy atom. The van der Waals surface area contributed by atoms with Crippen LogP contribution >= 0.6 is 23.2 Å². The highest BCUT2D eigenvalue weighted by Crippen LogP contribution is 2.26. The summed E-state index contributed by atoms with van der Waals surface area (Å²) in [6.45, 7) is 7.60. The predicted octanol–water partition coefficient (Wildman–Crippen LogP) is 5.58. The van der Waals surface area contributed by atoms with Crippen LogP contribution in [0.25, 0.3) is 0 Å². The highest BCUT2D eigenvalue weighted by molar-refractivity contribution is 6.32. The van der Waals surface area contributed by atoms with Gasteiger partial charge in [-0.15, -0.1) is 0 Å². The molecule has 21 heavy (non-hydrogen) atoms. The lowest BCUT2D eigenvalue weighted by Crippen LogP contribution is -1.83. The molecule has 0 aliphatic carbocycles. The van der Waals surface area contributed by atoms with Crippen LogP contribution in [0.4, 0.5) is 0 Å². The fourth-order valence-corrected chi connectivity index (χ4v) is 2.21. The summed E-state index contributed by atoms with van der Waals surface area (Å²) in [6, 6.07) is 6.80. The first-order valence-corrected chi connectivity index (χ1v) is 7.45. The van der Waals surface area contributed by atoms with E-state index in [1.807, 2.05) is 33.8 Å². The lowest BCUT2D eigenvalue weighted by molar-refractivity contribution is 0.468. The number of aromatic hydroxyl groups is 2. The van der Waals surface area contributed by atoms with Crippen molar-refractivity contribution in [1.82, 2.24) is 0 Å². The van der Waals surface area contributed by atoms with Gasteiger partial charge in [-0.1, -0.05) is 30.1 Å². The van der Waals surface area contributed by atoms with Gasteiger partial charge >= 0.3 is 0 Å². The molecule has 0 atom stereocenters. The van der Waals surface area contributed by atoms with Crippen molar-refractivity contribution in [2.24, 2.45) is 0 Å². The number of halogens is 2. The van der Waals surface area contributed by atoms with E-state index in [0.717, 1.165) is 38.7 Å². The van der Waals surface area contributed by atoms with Gasteiger partial charge in [0.2, 0.25) is 0 Å². The first-order valence-electron chi connectivity index (χ1n) is 6.70. The third-order valence-electron chi connectivity index (χ3n) is 3.16. The van der Waals surface area contributed by atoms with Crippen LogP contribution in [-0.2, 0) is 6.42 Å². The number of rotatable bonds is 1. The Bertz CT molecular complexity index is 614. The molecule has 0 saturated carbocycles. The molecule has 0 unspecified atom stereocenters. The summed E-state index contributed by atoms with van der Waals surface area (Å²) in [5.74, 6) is 0.619. The minimum atomic E-state index is 0.277. The summed E-state index contributed by atoms with van der Waals surface area (Å²) < 4.78 is 0. The van der Waals surface area contributed by atoms with Gasteiger partial charge in [0.15, 0.2) is 0 Å². The Kier molecular flexibility index (Phi) is 6.38. The molecule has 0 spiro atoms. The topological polar surface area (TPSA) is 40.5 Å². The van der Waals surface area contributed by atoms with Gasteiger partial charge in [0.05, 0.1) is 0 Å². The van der Waals surface area contributed by atoms with E-state index in [2.05, 4.69) is 0 Å². The first-order chi connectivity index (χ1) is 9.76. The van der Waals surface area contributed by atoms with Crippen LogP contribution in [0, 0.1) is 20.8 Å². The molecule has 0 heterocycles. The zero-order valence-corrected chi connectivity index (χ0v) is 14.2. The summed E-state index contributed by atoms with van der Waals surface area (Å²) in [4.78, 5) is 0. The van der Waals surface area contributed by atoms with Crippen molar-refractivity contribution in [3.8, 4) is 11.5 Å². The number of phenolic OH excluding ortho intramolecular Hbond substituents is 2. The molecule has 0 amide bonds. The second-order valence-electron chi connectivity index (χ2n) is 4.98. The average molecular weight is 327 g/mol. The molecule has 2 rings (SSSR count). The maximum Gasteiger partial charge on any atom is 0.119 e. The van der Waals surface area contributed by atoms with Crippen molar-refractivity contribution in [3.63, 3.8) is 0 Å². The third-order valence-corrected chi connectivity index (χ3v) is 4.17. The fourth-order valence-electron chi connectivity index (χ4n) is 1.91. The van der Waals surface area contributed by atoms with Crippen LogP contribution in [0.15, 0.2) is 24.3 Å². The molecule has 2 N–H and O–H groups in total. The average Bonchev–Trinajstić information content (AvgIpc) is 2.41. The van der Waals surface area contributed by atoms with E-state index in [4.69, 9.17) is 28.3 Å². The molecule has 0 saturated heterocycles.